The number of rotatable bonds is 4. The summed E-state index contributed by atoms with van der Waals surface area (Å²) in [6.07, 6.45) is 0.493. The van der Waals surface area contributed by atoms with Gasteiger partial charge < -0.3 is 10.8 Å². The van der Waals surface area contributed by atoms with E-state index in [0.29, 0.717) is 6.42 Å². The van der Waals surface area contributed by atoms with Gasteiger partial charge in [0, 0.05) is 18.2 Å². The van der Waals surface area contributed by atoms with Gasteiger partial charge >= 0.3 is 5.97 Å². The third-order valence-corrected chi connectivity index (χ3v) is 1.77. The molecule has 5 nitrogen and oxygen atoms in total. The minimum atomic E-state index is -0.831. The molecule has 0 saturated carbocycles. The Morgan fingerprint density at radius 1 is 1.85 bits per heavy atom. The van der Waals surface area contributed by atoms with Gasteiger partial charge in [-0.25, -0.2) is 0 Å². The van der Waals surface area contributed by atoms with Crippen molar-refractivity contribution in [2.24, 2.45) is 5.73 Å². The molecule has 1 unspecified atom stereocenters. The molecule has 0 saturated heterocycles. The quantitative estimate of drug-likeness (QED) is 0.636. The van der Waals surface area contributed by atoms with Crippen molar-refractivity contribution in [2.75, 3.05) is 0 Å². The lowest BCUT2D eigenvalue weighted by atomic mass is 10.1. The zero-order valence-electron chi connectivity index (χ0n) is 7.45. The van der Waals surface area contributed by atoms with Gasteiger partial charge in [-0.15, -0.1) is 0 Å². The highest BCUT2D eigenvalue weighted by molar-refractivity contribution is 5.66. The van der Waals surface area contributed by atoms with E-state index >= 15 is 0 Å². The van der Waals surface area contributed by atoms with Crippen molar-refractivity contribution in [1.29, 1.82) is 0 Å². The molecule has 1 aromatic rings. The predicted octanol–water partition coefficient (Wildman–Crippen LogP) is 0.583. The molecule has 0 aliphatic heterocycles. The highest BCUT2D eigenvalue weighted by Crippen LogP contribution is 2.13. The lowest BCUT2D eigenvalue weighted by molar-refractivity contribution is -0.137. The topological polar surface area (TPSA) is 92.0 Å². The van der Waals surface area contributed by atoms with Gasteiger partial charge in [-0.3, -0.25) is 9.89 Å². The number of aryl methyl sites for hydroxylation is 1. The van der Waals surface area contributed by atoms with Crippen LogP contribution in [0.2, 0.25) is 0 Å². The van der Waals surface area contributed by atoms with Crippen molar-refractivity contribution in [3.63, 3.8) is 0 Å². The second-order valence-electron chi connectivity index (χ2n) is 3.01. The summed E-state index contributed by atoms with van der Waals surface area (Å²) in [5.74, 6) is -0.831. The van der Waals surface area contributed by atoms with Crippen LogP contribution < -0.4 is 5.73 Å². The second kappa shape index (κ2) is 4.04. The first kappa shape index (κ1) is 9.73. The molecule has 1 aromatic heterocycles. The number of nitrogens with one attached hydrogen (secondary N) is 1. The largest absolute Gasteiger partial charge is 0.481 e. The van der Waals surface area contributed by atoms with E-state index in [2.05, 4.69) is 10.2 Å². The number of H-pyrrole nitrogens is 1. The van der Waals surface area contributed by atoms with Crippen molar-refractivity contribution in [3.8, 4) is 0 Å². The maximum atomic E-state index is 10.3. The number of hydrogen-bond acceptors (Lipinski definition) is 3. The zero-order chi connectivity index (χ0) is 9.84. The van der Waals surface area contributed by atoms with Gasteiger partial charge in [0.05, 0.1) is 5.69 Å². The van der Waals surface area contributed by atoms with E-state index in [-0.39, 0.29) is 12.5 Å². The average molecular weight is 183 g/mol. The van der Waals surface area contributed by atoms with Crippen LogP contribution in [0.5, 0.6) is 0 Å². The first-order valence-electron chi connectivity index (χ1n) is 4.09. The summed E-state index contributed by atoms with van der Waals surface area (Å²) in [5, 5.41) is 15.1. The van der Waals surface area contributed by atoms with Crippen LogP contribution in [0, 0.1) is 6.92 Å². The fraction of sp³-hybridized carbons (Fsp3) is 0.500. The van der Waals surface area contributed by atoms with Crippen LogP contribution in [0.4, 0.5) is 0 Å². The number of carboxylic acid groups (broad SMARTS) is 1. The maximum Gasteiger partial charge on any atom is 0.303 e. The Bertz CT molecular complexity index is 295. The fourth-order valence-electron chi connectivity index (χ4n) is 1.06. The number of nitrogens with zero attached hydrogens (tertiary/aromatic N) is 1. The molecule has 72 valence electrons. The van der Waals surface area contributed by atoms with Crippen LogP contribution >= 0.6 is 0 Å². The Morgan fingerprint density at radius 2 is 2.54 bits per heavy atom. The standard InChI is InChI=1S/C8H13N3O2/c1-5-4-7(11-10-5)6(9)2-3-8(12)13/h4,6H,2-3,9H2,1H3,(H,10,11)(H,12,13). The Labute approximate surface area is 75.9 Å². The van der Waals surface area contributed by atoms with Gasteiger partial charge in [0.2, 0.25) is 0 Å². The summed E-state index contributed by atoms with van der Waals surface area (Å²) < 4.78 is 0. The summed E-state index contributed by atoms with van der Waals surface area (Å²) >= 11 is 0. The molecule has 0 aromatic carbocycles. The molecule has 0 amide bonds. The summed E-state index contributed by atoms with van der Waals surface area (Å²) in [6, 6.07) is 1.54. The number of carbonyl (C=O) groups is 1. The molecular weight excluding hydrogens is 170 g/mol. The van der Waals surface area contributed by atoms with E-state index in [9.17, 15) is 4.79 Å². The molecular formula is C8H13N3O2. The Balaban J connectivity index is 2.48. The lowest BCUT2D eigenvalue weighted by Crippen LogP contribution is -2.12. The minimum absolute atomic E-state index is 0.0765. The molecule has 13 heavy (non-hydrogen) atoms. The molecule has 1 heterocycles. The van der Waals surface area contributed by atoms with Crippen LogP contribution in [-0.2, 0) is 4.79 Å². The third kappa shape index (κ3) is 2.87. The van der Waals surface area contributed by atoms with Crippen molar-refractivity contribution in [3.05, 3.63) is 17.5 Å². The van der Waals surface area contributed by atoms with E-state index < -0.39 is 5.97 Å². The zero-order valence-corrected chi connectivity index (χ0v) is 7.45. The third-order valence-electron chi connectivity index (χ3n) is 1.77. The molecule has 5 heteroatoms. The summed E-state index contributed by atoms with van der Waals surface area (Å²) in [6.45, 7) is 1.88. The number of aromatic nitrogens is 2. The van der Waals surface area contributed by atoms with E-state index in [4.69, 9.17) is 10.8 Å². The maximum absolute atomic E-state index is 10.3. The van der Waals surface area contributed by atoms with E-state index in [1.165, 1.54) is 0 Å². The highest BCUT2D eigenvalue weighted by atomic mass is 16.4. The van der Waals surface area contributed by atoms with Crippen LogP contribution in [-0.4, -0.2) is 21.3 Å². The van der Waals surface area contributed by atoms with Gasteiger partial charge in [0.1, 0.15) is 0 Å². The molecule has 1 rings (SSSR count). The monoisotopic (exact) mass is 183 g/mol. The van der Waals surface area contributed by atoms with Gasteiger partial charge in [-0.05, 0) is 19.4 Å². The first-order chi connectivity index (χ1) is 6.09. The van der Waals surface area contributed by atoms with Crippen molar-refractivity contribution < 1.29 is 9.90 Å². The van der Waals surface area contributed by atoms with Crippen LogP contribution in [0.25, 0.3) is 0 Å². The van der Waals surface area contributed by atoms with Gasteiger partial charge in [-0.1, -0.05) is 0 Å². The molecule has 4 N–H and O–H groups in total. The van der Waals surface area contributed by atoms with Crippen LogP contribution in [0.1, 0.15) is 30.3 Å². The van der Waals surface area contributed by atoms with E-state index in [1.54, 1.807) is 0 Å². The summed E-state index contributed by atoms with van der Waals surface area (Å²) in [5.41, 5.74) is 7.36. The van der Waals surface area contributed by atoms with Gasteiger partial charge in [-0.2, -0.15) is 5.10 Å². The molecule has 1 atom stereocenters. The number of aliphatic carboxylic acids is 1. The number of hydrogen-bond donors (Lipinski definition) is 3. The van der Waals surface area contributed by atoms with E-state index in [0.717, 1.165) is 11.4 Å². The smallest absolute Gasteiger partial charge is 0.303 e. The number of carboxylic acids is 1. The molecule has 0 spiro atoms. The Morgan fingerprint density at radius 3 is 3.00 bits per heavy atom. The Hall–Kier alpha value is -1.36. The van der Waals surface area contributed by atoms with Gasteiger partial charge in [0.15, 0.2) is 0 Å². The van der Waals surface area contributed by atoms with Crippen molar-refractivity contribution in [1.82, 2.24) is 10.2 Å². The predicted molar refractivity (Wildman–Crippen MR) is 47.1 cm³/mol. The SMILES string of the molecule is Cc1cc(C(N)CCC(=O)O)n[nH]1. The fourth-order valence-corrected chi connectivity index (χ4v) is 1.06. The molecule has 0 aliphatic rings. The summed E-state index contributed by atoms with van der Waals surface area (Å²) in [7, 11) is 0. The Kier molecular flexibility index (Phi) is 3.02. The normalized spacial score (nSPS) is 12.8. The molecule has 0 fully saturated rings. The highest BCUT2D eigenvalue weighted by Gasteiger charge is 2.10. The summed E-state index contributed by atoms with van der Waals surface area (Å²) in [4.78, 5) is 10.3. The lowest BCUT2D eigenvalue weighted by Gasteiger charge is -2.05. The number of aromatic amines is 1. The number of nitrogens with two attached hydrogens (primary N) is 1. The molecule has 0 bridgehead atoms. The van der Waals surface area contributed by atoms with E-state index in [1.807, 2.05) is 13.0 Å². The second-order valence-corrected chi connectivity index (χ2v) is 3.01. The van der Waals surface area contributed by atoms with Crippen LogP contribution in [0.3, 0.4) is 0 Å². The van der Waals surface area contributed by atoms with Crippen LogP contribution in [0.15, 0.2) is 6.07 Å². The average Bonchev–Trinajstić information content (AvgIpc) is 2.47. The van der Waals surface area contributed by atoms with Crippen molar-refractivity contribution >= 4 is 5.97 Å². The van der Waals surface area contributed by atoms with Crippen molar-refractivity contribution in [2.45, 2.75) is 25.8 Å². The first-order valence-corrected chi connectivity index (χ1v) is 4.09. The minimum Gasteiger partial charge on any atom is -0.481 e. The van der Waals surface area contributed by atoms with Gasteiger partial charge in [0.25, 0.3) is 0 Å². The molecule has 0 aliphatic carbocycles. The molecule has 0 radical (unpaired) electrons.